The molecule has 0 unspecified atom stereocenters. The summed E-state index contributed by atoms with van der Waals surface area (Å²) < 4.78 is 25.1. The molecule has 1 atom stereocenters. The van der Waals surface area contributed by atoms with Gasteiger partial charge in [-0.25, -0.2) is 13.4 Å². The van der Waals surface area contributed by atoms with Crippen molar-refractivity contribution in [2.75, 3.05) is 0 Å². The first-order valence-corrected chi connectivity index (χ1v) is 9.17. The van der Waals surface area contributed by atoms with Crippen LogP contribution in [0.1, 0.15) is 34.0 Å². The largest absolute Gasteiger partial charge is 0.269 e. The number of hydrogen-bond donors (Lipinski definition) is 0. The minimum absolute atomic E-state index is 0.104. The molecule has 0 bridgehead atoms. The Balaban J connectivity index is 2.35. The molecule has 1 aromatic heterocycles. The van der Waals surface area contributed by atoms with E-state index in [-0.39, 0.29) is 11.4 Å². The second-order valence-corrected chi connectivity index (χ2v) is 8.39. The Morgan fingerprint density at radius 1 is 1.36 bits per heavy atom. The molecule has 1 aromatic carbocycles. The van der Waals surface area contributed by atoms with Crippen LogP contribution in [0.2, 0.25) is 0 Å². The summed E-state index contributed by atoms with van der Waals surface area (Å²) in [7, 11) is -3.49. The fourth-order valence-electron chi connectivity index (χ4n) is 2.14. The molecule has 0 aliphatic carbocycles. The quantitative estimate of drug-likeness (QED) is 0.615. The van der Waals surface area contributed by atoms with Crippen molar-refractivity contribution in [1.29, 1.82) is 0 Å². The Hall–Kier alpha value is -1.80. The highest BCUT2D eigenvalue weighted by atomic mass is 32.2. The highest BCUT2D eigenvalue weighted by Gasteiger charge is 2.27. The van der Waals surface area contributed by atoms with E-state index in [2.05, 4.69) is 4.98 Å². The van der Waals surface area contributed by atoms with Gasteiger partial charge in [-0.3, -0.25) is 10.1 Å². The van der Waals surface area contributed by atoms with Gasteiger partial charge in [0.15, 0.2) is 9.84 Å². The van der Waals surface area contributed by atoms with E-state index < -0.39 is 20.0 Å². The zero-order valence-corrected chi connectivity index (χ0v) is 14.1. The number of benzene rings is 1. The molecular formula is C14H16N2O4S2. The van der Waals surface area contributed by atoms with E-state index in [0.29, 0.717) is 10.6 Å². The van der Waals surface area contributed by atoms with E-state index in [9.17, 15) is 18.5 Å². The molecule has 0 aliphatic heterocycles. The molecule has 0 saturated heterocycles. The number of rotatable bonds is 5. The van der Waals surface area contributed by atoms with Crippen molar-refractivity contribution >= 4 is 26.9 Å². The molecule has 8 heteroatoms. The molecular weight excluding hydrogens is 324 g/mol. The van der Waals surface area contributed by atoms with Gasteiger partial charge in [-0.05, 0) is 31.9 Å². The predicted octanol–water partition coefficient (Wildman–Crippen LogP) is 3.34. The van der Waals surface area contributed by atoms with Crippen molar-refractivity contribution in [3.8, 4) is 0 Å². The third kappa shape index (κ3) is 3.50. The average Bonchev–Trinajstić information content (AvgIpc) is 2.82. The summed E-state index contributed by atoms with van der Waals surface area (Å²) in [5.41, 5.74) is 1.86. The first kappa shape index (κ1) is 16.6. The second-order valence-electron chi connectivity index (χ2n) is 5.13. The Bertz CT molecular complexity index is 812. The van der Waals surface area contributed by atoms with Gasteiger partial charge in [0, 0.05) is 23.2 Å². The van der Waals surface area contributed by atoms with Gasteiger partial charge in [0.05, 0.1) is 10.2 Å². The number of sulfone groups is 1. The number of aromatic nitrogens is 1. The summed E-state index contributed by atoms with van der Waals surface area (Å²) >= 11 is 1.30. The maximum atomic E-state index is 12.5. The maximum absolute atomic E-state index is 12.5. The SMILES string of the molecule is Cc1csc(CS(=O)(=O)[C@@H](C)c2cc([N+](=O)[O-])ccc2C)n1. The van der Waals surface area contributed by atoms with Crippen LogP contribution in [-0.2, 0) is 15.6 Å². The van der Waals surface area contributed by atoms with Crippen LogP contribution in [0.3, 0.4) is 0 Å². The smallest absolute Gasteiger partial charge is 0.258 e. The summed E-state index contributed by atoms with van der Waals surface area (Å²) in [4.78, 5) is 14.5. The van der Waals surface area contributed by atoms with E-state index >= 15 is 0 Å². The van der Waals surface area contributed by atoms with E-state index in [1.165, 1.54) is 23.5 Å². The molecule has 0 N–H and O–H groups in total. The lowest BCUT2D eigenvalue weighted by molar-refractivity contribution is -0.384. The molecule has 0 aliphatic rings. The lowest BCUT2D eigenvalue weighted by Crippen LogP contribution is -2.14. The molecule has 118 valence electrons. The third-order valence-corrected chi connectivity index (χ3v) is 6.60. The Morgan fingerprint density at radius 2 is 2.05 bits per heavy atom. The van der Waals surface area contributed by atoms with Crippen LogP contribution in [0, 0.1) is 24.0 Å². The third-order valence-electron chi connectivity index (χ3n) is 3.44. The Kier molecular flexibility index (Phi) is 4.62. The van der Waals surface area contributed by atoms with Crippen molar-refractivity contribution < 1.29 is 13.3 Å². The summed E-state index contributed by atoms with van der Waals surface area (Å²) in [6.45, 7) is 5.11. The van der Waals surface area contributed by atoms with Gasteiger partial charge in [-0.1, -0.05) is 6.07 Å². The first-order chi connectivity index (χ1) is 10.2. The Morgan fingerprint density at radius 3 is 2.59 bits per heavy atom. The number of hydrogen-bond acceptors (Lipinski definition) is 6. The standard InChI is InChI=1S/C14H16N2O4S2/c1-9-4-5-12(16(17)18)6-13(9)11(3)22(19,20)8-14-15-10(2)7-21-14/h4-7,11H,8H2,1-3H3/t11-/m0/s1. The van der Waals surface area contributed by atoms with Crippen molar-refractivity contribution in [3.63, 3.8) is 0 Å². The number of non-ortho nitro benzene ring substituents is 1. The van der Waals surface area contributed by atoms with Crippen molar-refractivity contribution in [2.45, 2.75) is 31.8 Å². The molecule has 2 aromatic rings. The van der Waals surface area contributed by atoms with Gasteiger partial charge in [0.25, 0.3) is 5.69 Å². The van der Waals surface area contributed by atoms with Gasteiger partial charge >= 0.3 is 0 Å². The number of nitro benzene ring substituents is 1. The average molecular weight is 340 g/mol. The highest BCUT2D eigenvalue weighted by Crippen LogP contribution is 2.30. The van der Waals surface area contributed by atoms with Crippen LogP contribution in [0.25, 0.3) is 0 Å². The van der Waals surface area contributed by atoms with E-state index in [1.54, 1.807) is 32.2 Å². The Labute approximate surface area is 132 Å². The molecule has 0 amide bonds. The number of nitro groups is 1. The second kappa shape index (κ2) is 6.13. The summed E-state index contributed by atoms with van der Waals surface area (Å²) in [6, 6.07) is 4.29. The van der Waals surface area contributed by atoms with Crippen molar-refractivity contribution in [3.05, 3.63) is 55.5 Å². The van der Waals surface area contributed by atoms with Crippen LogP contribution in [0.15, 0.2) is 23.6 Å². The molecule has 0 radical (unpaired) electrons. The van der Waals surface area contributed by atoms with E-state index in [0.717, 1.165) is 11.3 Å². The number of thiazole rings is 1. The molecule has 0 fully saturated rings. The monoisotopic (exact) mass is 340 g/mol. The van der Waals surface area contributed by atoms with Crippen LogP contribution < -0.4 is 0 Å². The molecule has 0 saturated carbocycles. The van der Waals surface area contributed by atoms with Crippen LogP contribution in [0.4, 0.5) is 5.69 Å². The fourth-order valence-corrected chi connectivity index (χ4v) is 4.76. The zero-order chi connectivity index (χ0) is 16.5. The van der Waals surface area contributed by atoms with Crippen LogP contribution >= 0.6 is 11.3 Å². The first-order valence-electron chi connectivity index (χ1n) is 6.58. The van der Waals surface area contributed by atoms with Gasteiger partial charge in [-0.2, -0.15) is 0 Å². The van der Waals surface area contributed by atoms with Crippen molar-refractivity contribution in [1.82, 2.24) is 4.98 Å². The van der Waals surface area contributed by atoms with Gasteiger partial charge < -0.3 is 0 Å². The van der Waals surface area contributed by atoms with Crippen LogP contribution in [0.5, 0.6) is 0 Å². The van der Waals surface area contributed by atoms with Gasteiger partial charge in [0.2, 0.25) is 0 Å². The lowest BCUT2D eigenvalue weighted by atomic mass is 10.1. The van der Waals surface area contributed by atoms with E-state index in [1.807, 2.05) is 0 Å². The summed E-state index contributed by atoms with van der Waals surface area (Å²) in [6.07, 6.45) is 0. The number of aryl methyl sites for hydroxylation is 2. The van der Waals surface area contributed by atoms with Crippen molar-refractivity contribution in [2.24, 2.45) is 0 Å². The fraction of sp³-hybridized carbons (Fsp3) is 0.357. The lowest BCUT2D eigenvalue weighted by Gasteiger charge is -2.14. The normalized spacial score (nSPS) is 13.0. The predicted molar refractivity (Wildman–Crippen MR) is 85.7 cm³/mol. The summed E-state index contributed by atoms with van der Waals surface area (Å²) in [5.74, 6) is -0.158. The zero-order valence-electron chi connectivity index (χ0n) is 12.4. The van der Waals surface area contributed by atoms with E-state index in [4.69, 9.17) is 0 Å². The maximum Gasteiger partial charge on any atom is 0.269 e. The highest BCUT2D eigenvalue weighted by molar-refractivity contribution is 7.91. The summed E-state index contributed by atoms with van der Waals surface area (Å²) in [5, 5.41) is 12.4. The minimum atomic E-state index is -3.49. The van der Waals surface area contributed by atoms with Crippen LogP contribution in [-0.4, -0.2) is 18.3 Å². The molecule has 1 heterocycles. The molecule has 22 heavy (non-hydrogen) atoms. The topological polar surface area (TPSA) is 90.2 Å². The van der Waals surface area contributed by atoms with Gasteiger partial charge in [0.1, 0.15) is 10.8 Å². The molecule has 2 rings (SSSR count). The number of nitrogens with zero attached hydrogens (tertiary/aromatic N) is 2. The molecule has 0 spiro atoms. The van der Waals surface area contributed by atoms with Gasteiger partial charge in [-0.15, -0.1) is 11.3 Å². The molecule has 6 nitrogen and oxygen atoms in total. The minimum Gasteiger partial charge on any atom is -0.258 e.